The standard InChI is InChI=1S/C12H10F2O2/c1-8(15)2-3-9-4-6-10(7-5-9)11(16)12(13)14/h2-7,12H,1H3. The predicted octanol–water partition coefficient (Wildman–Crippen LogP) is 2.74. The molecule has 0 spiro atoms. The van der Waals surface area contributed by atoms with E-state index in [1.165, 1.54) is 37.3 Å². The third kappa shape index (κ3) is 3.38. The molecule has 16 heavy (non-hydrogen) atoms. The first kappa shape index (κ1) is 12.2. The van der Waals surface area contributed by atoms with E-state index in [1.807, 2.05) is 0 Å². The third-order valence-corrected chi connectivity index (χ3v) is 1.90. The quantitative estimate of drug-likeness (QED) is 0.582. The molecule has 0 aliphatic heterocycles. The fourth-order valence-corrected chi connectivity index (χ4v) is 1.10. The maximum absolute atomic E-state index is 12.1. The summed E-state index contributed by atoms with van der Waals surface area (Å²) in [5.74, 6) is -1.30. The van der Waals surface area contributed by atoms with Crippen LogP contribution in [0.3, 0.4) is 0 Å². The number of allylic oxidation sites excluding steroid dienone is 1. The molecule has 0 heterocycles. The molecule has 0 radical (unpaired) electrons. The molecule has 2 nitrogen and oxygen atoms in total. The zero-order valence-electron chi connectivity index (χ0n) is 8.61. The largest absolute Gasteiger partial charge is 0.300 e. The molecule has 1 aromatic rings. The molecule has 0 aliphatic carbocycles. The van der Waals surface area contributed by atoms with Crippen molar-refractivity contribution in [2.45, 2.75) is 13.3 Å². The second-order valence-electron chi connectivity index (χ2n) is 3.23. The minimum atomic E-state index is -2.99. The van der Waals surface area contributed by atoms with Gasteiger partial charge in [-0.1, -0.05) is 30.3 Å². The lowest BCUT2D eigenvalue weighted by molar-refractivity contribution is -0.112. The summed E-state index contributed by atoms with van der Waals surface area (Å²) in [7, 11) is 0. The molecule has 0 atom stereocenters. The molecule has 0 saturated carbocycles. The summed E-state index contributed by atoms with van der Waals surface area (Å²) < 4.78 is 24.1. The van der Waals surface area contributed by atoms with Gasteiger partial charge >= 0.3 is 6.43 Å². The SMILES string of the molecule is CC(=O)C=Cc1ccc(C(=O)C(F)F)cc1. The van der Waals surface area contributed by atoms with Crippen LogP contribution in [0.5, 0.6) is 0 Å². The van der Waals surface area contributed by atoms with Crippen LogP contribution < -0.4 is 0 Å². The van der Waals surface area contributed by atoms with Crippen molar-refractivity contribution in [3.63, 3.8) is 0 Å². The van der Waals surface area contributed by atoms with Crippen molar-refractivity contribution >= 4 is 17.6 Å². The van der Waals surface area contributed by atoms with Crippen LogP contribution >= 0.6 is 0 Å². The van der Waals surface area contributed by atoms with Crippen LogP contribution in [0.1, 0.15) is 22.8 Å². The van der Waals surface area contributed by atoms with Gasteiger partial charge < -0.3 is 0 Å². The number of hydrogen-bond acceptors (Lipinski definition) is 2. The van der Waals surface area contributed by atoms with E-state index >= 15 is 0 Å². The van der Waals surface area contributed by atoms with Gasteiger partial charge in [-0.15, -0.1) is 0 Å². The van der Waals surface area contributed by atoms with E-state index in [1.54, 1.807) is 6.08 Å². The maximum Gasteiger partial charge on any atom is 0.300 e. The highest BCUT2D eigenvalue weighted by molar-refractivity contribution is 5.98. The number of hydrogen-bond donors (Lipinski definition) is 0. The van der Waals surface area contributed by atoms with Crippen LogP contribution in [-0.4, -0.2) is 18.0 Å². The Kier molecular flexibility index (Phi) is 4.05. The fraction of sp³-hybridized carbons (Fsp3) is 0.167. The van der Waals surface area contributed by atoms with E-state index in [0.29, 0.717) is 5.56 Å². The van der Waals surface area contributed by atoms with E-state index in [-0.39, 0.29) is 11.3 Å². The number of carbonyl (C=O) groups is 2. The minimum Gasteiger partial charge on any atom is -0.295 e. The normalized spacial score (nSPS) is 11.0. The highest BCUT2D eigenvalue weighted by Gasteiger charge is 2.16. The minimum absolute atomic E-state index is 0.0324. The molecular formula is C12H10F2O2. The maximum atomic E-state index is 12.1. The smallest absolute Gasteiger partial charge is 0.295 e. The molecule has 0 bridgehead atoms. The van der Waals surface area contributed by atoms with Crippen molar-refractivity contribution < 1.29 is 18.4 Å². The number of ketones is 2. The van der Waals surface area contributed by atoms with Crippen molar-refractivity contribution in [2.24, 2.45) is 0 Å². The Morgan fingerprint density at radius 3 is 2.19 bits per heavy atom. The number of rotatable bonds is 4. The van der Waals surface area contributed by atoms with Crippen molar-refractivity contribution in [3.05, 3.63) is 41.5 Å². The molecule has 0 saturated heterocycles. The molecular weight excluding hydrogens is 214 g/mol. The van der Waals surface area contributed by atoms with Gasteiger partial charge in [-0.3, -0.25) is 9.59 Å². The van der Waals surface area contributed by atoms with E-state index in [2.05, 4.69) is 0 Å². The molecule has 4 heteroatoms. The van der Waals surface area contributed by atoms with Gasteiger partial charge in [-0.2, -0.15) is 0 Å². The molecule has 0 N–H and O–H groups in total. The summed E-state index contributed by atoms with van der Waals surface area (Å²) in [4.78, 5) is 21.5. The second kappa shape index (κ2) is 5.30. The highest BCUT2D eigenvalue weighted by Crippen LogP contribution is 2.10. The van der Waals surface area contributed by atoms with E-state index in [4.69, 9.17) is 0 Å². The van der Waals surface area contributed by atoms with Crippen LogP contribution in [0.4, 0.5) is 8.78 Å². The third-order valence-electron chi connectivity index (χ3n) is 1.90. The van der Waals surface area contributed by atoms with E-state index in [0.717, 1.165) is 0 Å². The van der Waals surface area contributed by atoms with Gasteiger partial charge in [0.05, 0.1) is 0 Å². The summed E-state index contributed by atoms with van der Waals surface area (Å²) in [6.07, 6.45) is -0.0678. The molecule has 1 aromatic carbocycles. The number of benzene rings is 1. The van der Waals surface area contributed by atoms with Crippen LogP contribution in [0.2, 0.25) is 0 Å². The Morgan fingerprint density at radius 1 is 1.19 bits per heavy atom. The Balaban J connectivity index is 2.83. The van der Waals surface area contributed by atoms with Crippen LogP contribution in [0, 0.1) is 0 Å². The summed E-state index contributed by atoms with van der Waals surface area (Å²) in [5.41, 5.74) is 0.649. The zero-order valence-corrected chi connectivity index (χ0v) is 8.61. The summed E-state index contributed by atoms with van der Waals surface area (Å²) in [6, 6.07) is 5.65. The molecule has 0 amide bonds. The first-order chi connectivity index (χ1) is 7.50. The molecule has 0 fully saturated rings. The second-order valence-corrected chi connectivity index (χ2v) is 3.23. The molecule has 1 rings (SSSR count). The first-order valence-corrected chi connectivity index (χ1v) is 4.62. The molecule has 0 aliphatic rings. The summed E-state index contributed by atoms with van der Waals surface area (Å²) >= 11 is 0. The predicted molar refractivity (Wildman–Crippen MR) is 56.5 cm³/mol. The Labute approximate surface area is 91.6 Å². The summed E-state index contributed by atoms with van der Waals surface area (Å²) in [5, 5.41) is 0. The van der Waals surface area contributed by atoms with Crippen LogP contribution in [0.15, 0.2) is 30.3 Å². The van der Waals surface area contributed by atoms with E-state index < -0.39 is 12.2 Å². The van der Waals surface area contributed by atoms with Crippen molar-refractivity contribution in [1.82, 2.24) is 0 Å². The van der Waals surface area contributed by atoms with Gasteiger partial charge in [0.1, 0.15) is 0 Å². The van der Waals surface area contributed by atoms with Crippen LogP contribution in [-0.2, 0) is 4.79 Å². The summed E-state index contributed by atoms with van der Waals surface area (Å²) in [6.45, 7) is 1.41. The number of halogens is 2. The van der Waals surface area contributed by atoms with Crippen molar-refractivity contribution in [1.29, 1.82) is 0 Å². The number of alkyl halides is 2. The number of Topliss-reactive ketones (excluding diaryl/α,β-unsaturated/α-hetero) is 1. The van der Waals surface area contributed by atoms with Crippen LogP contribution in [0.25, 0.3) is 6.08 Å². The van der Waals surface area contributed by atoms with Crippen molar-refractivity contribution in [2.75, 3.05) is 0 Å². The fourth-order valence-electron chi connectivity index (χ4n) is 1.10. The topological polar surface area (TPSA) is 34.1 Å². The molecule has 0 unspecified atom stereocenters. The molecule has 0 aromatic heterocycles. The Hall–Kier alpha value is -1.84. The Morgan fingerprint density at radius 2 is 1.75 bits per heavy atom. The van der Waals surface area contributed by atoms with Gasteiger partial charge in [0.2, 0.25) is 5.78 Å². The lowest BCUT2D eigenvalue weighted by Crippen LogP contribution is -2.09. The molecule has 84 valence electrons. The van der Waals surface area contributed by atoms with Crippen molar-refractivity contribution in [3.8, 4) is 0 Å². The average molecular weight is 224 g/mol. The van der Waals surface area contributed by atoms with Gasteiger partial charge in [0, 0.05) is 5.56 Å². The monoisotopic (exact) mass is 224 g/mol. The van der Waals surface area contributed by atoms with Gasteiger partial charge in [-0.05, 0) is 18.6 Å². The lowest BCUT2D eigenvalue weighted by Gasteiger charge is -1.99. The van der Waals surface area contributed by atoms with Gasteiger partial charge in [0.25, 0.3) is 0 Å². The number of carbonyl (C=O) groups excluding carboxylic acids is 2. The average Bonchev–Trinajstić information content (AvgIpc) is 2.26. The lowest BCUT2D eigenvalue weighted by atomic mass is 10.1. The highest BCUT2D eigenvalue weighted by atomic mass is 19.3. The van der Waals surface area contributed by atoms with E-state index in [9.17, 15) is 18.4 Å². The first-order valence-electron chi connectivity index (χ1n) is 4.62. The van der Waals surface area contributed by atoms with Gasteiger partial charge in [0.15, 0.2) is 5.78 Å². The Bertz CT molecular complexity index is 419. The zero-order chi connectivity index (χ0) is 12.1. The van der Waals surface area contributed by atoms with Gasteiger partial charge in [-0.25, -0.2) is 8.78 Å².